The van der Waals surface area contributed by atoms with E-state index >= 15 is 0 Å². The fourth-order valence-corrected chi connectivity index (χ4v) is 2.96. The van der Waals surface area contributed by atoms with Gasteiger partial charge >= 0.3 is 5.63 Å². The molecule has 0 saturated heterocycles. The van der Waals surface area contributed by atoms with Crippen LogP contribution in [0.25, 0.3) is 27.9 Å². The van der Waals surface area contributed by atoms with Gasteiger partial charge in [-0.2, -0.15) is 20.3 Å². The van der Waals surface area contributed by atoms with Crippen molar-refractivity contribution in [2.75, 3.05) is 0 Å². The normalized spacial score (nSPS) is 10.4. The van der Waals surface area contributed by atoms with Crippen LogP contribution in [0.2, 0.25) is 0 Å². The van der Waals surface area contributed by atoms with Crippen molar-refractivity contribution in [1.82, 2.24) is 9.78 Å². The van der Waals surface area contributed by atoms with E-state index in [1.807, 2.05) is 12.1 Å². The first-order valence-corrected chi connectivity index (χ1v) is 8.20. The largest absolute Gasteiger partial charge is 0.422 e. The second kappa shape index (κ2) is 6.67. The topological polar surface area (TPSA) is 113 Å². The van der Waals surface area contributed by atoms with Gasteiger partial charge in [-0.1, -0.05) is 36.4 Å². The monoisotopic (exact) mass is 366 g/mol. The van der Waals surface area contributed by atoms with Crippen LogP contribution in [0.5, 0.6) is 0 Å². The molecular formula is C21H10N4O3. The molecular weight excluding hydrogens is 356 g/mol. The number of rotatable bonds is 2. The molecule has 0 unspecified atom stereocenters. The first-order chi connectivity index (χ1) is 13.6. The Hall–Kier alpha value is -4.49. The number of fused-ring (bicyclic) bond motifs is 1. The second-order valence-corrected chi connectivity index (χ2v) is 5.86. The van der Waals surface area contributed by atoms with E-state index in [1.165, 1.54) is 6.07 Å². The van der Waals surface area contributed by atoms with E-state index in [0.717, 1.165) is 4.68 Å². The van der Waals surface area contributed by atoms with Crippen LogP contribution in [0.1, 0.15) is 11.1 Å². The maximum absolute atomic E-state index is 12.6. The van der Waals surface area contributed by atoms with Crippen molar-refractivity contribution in [1.29, 1.82) is 10.5 Å². The number of nitriles is 2. The minimum absolute atomic E-state index is 0.153. The van der Waals surface area contributed by atoms with Crippen LogP contribution in [0.3, 0.4) is 0 Å². The molecule has 2 aromatic heterocycles. The van der Waals surface area contributed by atoms with Crippen molar-refractivity contribution in [2.45, 2.75) is 0 Å². The molecule has 132 valence electrons. The molecule has 2 aromatic carbocycles. The number of nitrogens with zero attached hydrogens (tertiary/aromatic N) is 4. The van der Waals surface area contributed by atoms with Gasteiger partial charge in [0.05, 0.1) is 11.4 Å². The highest BCUT2D eigenvalue weighted by Gasteiger charge is 2.20. The van der Waals surface area contributed by atoms with Crippen LogP contribution in [0.4, 0.5) is 0 Å². The number of aromatic nitrogens is 2. The van der Waals surface area contributed by atoms with Gasteiger partial charge in [0.15, 0.2) is 0 Å². The highest BCUT2D eigenvalue weighted by atomic mass is 16.4. The highest BCUT2D eigenvalue weighted by Crippen LogP contribution is 2.29. The highest BCUT2D eigenvalue weighted by molar-refractivity contribution is 5.95. The molecule has 0 N–H and O–H groups in total. The quantitative estimate of drug-likeness (QED) is 0.504. The summed E-state index contributed by atoms with van der Waals surface area (Å²) in [6.07, 6.45) is 0. The molecule has 2 heterocycles. The lowest BCUT2D eigenvalue weighted by atomic mass is 10.0. The van der Waals surface area contributed by atoms with Gasteiger partial charge in [0, 0.05) is 10.9 Å². The summed E-state index contributed by atoms with van der Waals surface area (Å²) in [4.78, 5) is 24.9. The molecule has 0 bridgehead atoms. The summed E-state index contributed by atoms with van der Waals surface area (Å²) in [5.74, 6) is 0. The van der Waals surface area contributed by atoms with Crippen LogP contribution in [-0.2, 0) is 0 Å². The zero-order valence-electron chi connectivity index (χ0n) is 14.3. The third-order valence-electron chi connectivity index (χ3n) is 4.21. The molecule has 0 spiro atoms. The van der Waals surface area contributed by atoms with Crippen molar-refractivity contribution in [3.8, 4) is 29.1 Å². The Bertz CT molecular complexity index is 1420. The lowest BCUT2D eigenvalue weighted by Gasteiger charge is -2.10. The van der Waals surface area contributed by atoms with E-state index in [1.54, 1.807) is 54.6 Å². The molecule has 4 rings (SSSR count). The Morgan fingerprint density at radius 2 is 1.64 bits per heavy atom. The van der Waals surface area contributed by atoms with Crippen molar-refractivity contribution < 1.29 is 4.42 Å². The molecule has 0 atom stereocenters. The second-order valence-electron chi connectivity index (χ2n) is 5.86. The summed E-state index contributed by atoms with van der Waals surface area (Å²) in [5, 5.41) is 23.8. The average molecular weight is 366 g/mol. The van der Waals surface area contributed by atoms with Crippen LogP contribution in [0.15, 0.2) is 74.7 Å². The van der Waals surface area contributed by atoms with Crippen molar-refractivity contribution in [3.63, 3.8) is 0 Å². The fraction of sp³-hybridized carbons (Fsp3) is 0. The molecule has 0 amide bonds. The SMILES string of the molecule is N#Cc1c(-c2cc(C#N)c(=O)n(-c3ccccc3)n2)c2ccccc2oc1=O. The van der Waals surface area contributed by atoms with Gasteiger partial charge in [0.2, 0.25) is 0 Å². The van der Waals surface area contributed by atoms with E-state index in [-0.39, 0.29) is 28.0 Å². The maximum atomic E-state index is 12.6. The predicted molar refractivity (Wildman–Crippen MR) is 101 cm³/mol. The Morgan fingerprint density at radius 1 is 0.929 bits per heavy atom. The van der Waals surface area contributed by atoms with Crippen LogP contribution in [0, 0.1) is 22.7 Å². The van der Waals surface area contributed by atoms with Gasteiger partial charge in [0.1, 0.15) is 28.8 Å². The summed E-state index contributed by atoms with van der Waals surface area (Å²) >= 11 is 0. The van der Waals surface area contributed by atoms with Gasteiger partial charge in [-0.3, -0.25) is 4.79 Å². The molecule has 0 aliphatic heterocycles. The molecule has 0 fully saturated rings. The Labute approximate surface area is 157 Å². The standard InChI is InChI=1S/C21H10N4O3/c22-11-13-10-17(24-25(20(13)26)14-6-2-1-3-7-14)19-15-8-4-5-9-18(15)28-21(27)16(19)12-23/h1-10H. The van der Waals surface area contributed by atoms with Crippen LogP contribution >= 0.6 is 0 Å². The number of benzene rings is 2. The van der Waals surface area contributed by atoms with Gasteiger partial charge < -0.3 is 4.42 Å². The molecule has 7 nitrogen and oxygen atoms in total. The van der Waals surface area contributed by atoms with E-state index in [0.29, 0.717) is 11.1 Å². The molecule has 0 aliphatic rings. The Kier molecular flexibility index (Phi) is 4.04. The van der Waals surface area contributed by atoms with Gasteiger partial charge in [-0.15, -0.1) is 0 Å². The smallest absolute Gasteiger partial charge is 0.355 e. The van der Waals surface area contributed by atoms with E-state index in [9.17, 15) is 20.1 Å². The summed E-state index contributed by atoms with van der Waals surface area (Å²) in [5.41, 5.74) is -0.701. The van der Waals surface area contributed by atoms with E-state index < -0.39 is 11.2 Å². The summed E-state index contributed by atoms with van der Waals surface area (Å²) in [7, 11) is 0. The van der Waals surface area contributed by atoms with Gasteiger partial charge in [0.25, 0.3) is 5.56 Å². The lowest BCUT2D eigenvalue weighted by Crippen LogP contribution is -2.24. The minimum Gasteiger partial charge on any atom is -0.422 e. The first-order valence-electron chi connectivity index (χ1n) is 8.20. The third-order valence-corrected chi connectivity index (χ3v) is 4.21. The van der Waals surface area contributed by atoms with E-state index in [2.05, 4.69) is 5.10 Å². The summed E-state index contributed by atoms with van der Waals surface area (Å²) < 4.78 is 6.28. The van der Waals surface area contributed by atoms with Crippen molar-refractivity contribution >= 4 is 11.0 Å². The molecule has 0 aliphatic carbocycles. The maximum Gasteiger partial charge on any atom is 0.355 e. The average Bonchev–Trinajstić information content (AvgIpc) is 2.73. The van der Waals surface area contributed by atoms with Crippen LogP contribution < -0.4 is 11.2 Å². The van der Waals surface area contributed by atoms with Crippen molar-refractivity contribution in [3.05, 3.63) is 92.6 Å². The zero-order valence-corrected chi connectivity index (χ0v) is 14.3. The number of para-hydroxylation sites is 2. The van der Waals surface area contributed by atoms with Crippen molar-refractivity contribution in [2.24, 2.45) is 0 Å². The minimum atomic E-state index is -0.811. The van der Waals surface area contributed by atoms with Gasteiger partial charge in [-0.05, 0) is 24.3 Å². The summed E-state index contributed by atoms with van der Waals surface area (Å²) in [6.45, 7) is 0. The Morgan fingerprint density at radius 3 is 2.36 bits per heavy atom. The number of hydrogen-bond acceptors (Lipinski definition) is 6. The first kappa shape index (κ1) is 17.0. The zero-order chi connectivity index (χ0) is 19.7. The van der Waals surface area contributed by atoms with Gasteiger partial charge in [-0.25, -0.2) is 4.79 Å². The summed E-state index contributed by atoms with van der Waals surface area (Å²) in [6, 6.07) is 20.3. The molecule has 4 aromatic rings. The molecule has 0 radical (unpaired) electrons. The molecule has 28 heavy (non-hydrogen) atoms. The van der Waals surface area contributed by atoms with Crippen LogP contribution in [-0.4, -0.2) is 9.78 Å². The lowest BCUT2D eigenvalue weighted by molar-refractivity contribution is 0.559. The molecule has 0 saturated carbocycles. The fourth-order valence-electron chi connectivity index (χ4n) is 2.96. The Balaban J connectivity index is 2.15. The third kappa shape index (κ3) is 2.64. The number of hydrogen-bond donors (Lipinski definition) is 0. The molecule has 7 heteroatoms. The predicted octanol–water partition coefficient (Wildman–Crippen LogP) is 2.75. The van der Waals surface area contributed by atoms with E-state index in [4.69, 9.17) is 4.42 Å².